The second kappa shape index (κ2) is 6.36. The number of ether oxygens (including phenoxy) is 1. The maximum atomic E-state index is 12.1. The third-order valence-corrected chi connectivity index (χ3v) is 3.87. The Morgan fingerprint density at radius 2 is 1.73 bits per heavy atom. The molecular weight excluding hydrogens is 387 g/mol. The molecule has 2 aromatic carbocycles. The van der Waals surface area contributed by atoms with Gasteiger partial charge < -0.3 is 15.6 Å². The third-order valence-electron chi connectivity index (χ3n) is 2.90. The van der Waals surface area contributed by atoms with Crippen molar-refractivity contribution in [1.82, 2.24) is 0 Å². The summed E-state index contributed by atoms with van der Waals surface area (Å²) < 4.78 is 40.5. The number of phenols is 1. The van der Waals surface area contributed by atoms with Crippen molar-refractivity contribution in [1.29, 1.82) is 0 Å². The smallest absolute Gasteiger partial charge is 0.506 e. The van der Waals surface area contributed by atoms with Crippen molar-refractivity contribution in [3.05, 3.63) is 57.0 Å². The summed E-state index contributed by atoms with van der Waals surface area (Å²) in [5.41, 5.74) is 6.79. The molecule has 0 saturated carbocycles. The zero-order chi connectivity index (χ0) is 16.5. The molecule has 0 aliphatic rings. The van der Waals surface area contributed by atoms with Crippen LogP contribution in [0.2, 0.25) is 5.02 Å². The van der Waals surface area contributed by atoms with Gasteiger partial charge in [-0.3, -0.25) is 0 Å². The molecule has 0 amide bonds. The average Bonchev–Trinajstić information content (AvgIpc) is 2.42. The van der Waals surface area contributed by atoms with Gasteiger partial charge in [-0.25, -0.2) is 0 Å². The minimum atomic E-state index is -4.75. The Kier molecular flexibility index (Phi) is 4.89. The van der Waals surface area contributed by atoms with E-state index in [0.717, 1.165) is 12.1 Å². The largest absolute Gasteiger partial charge is 0.573 e. The number of rotatable bonds is 3. The molecule has 3 nitrogen and oxygen atoms in total. The molecular formula is C14H10BrClF3NO2. The highest BCUT2D eigenvalue weighted by Gasteiger charge is 2.31. The summed E-state index contributed by atoms with van der Waals surface area (Å²) in [6, 6.07) is 7.36. The molecule has 2 rings (SSSR count). The van der Waals surface area contributed by atoms with Gasteiger partial charge in [-0.1, -0.05) is 23.7 Å². The van der Waals surface area contributed by atoms with Crippen LogP contribution in [0.1, 0.15) is 17.2 Å². The molecule has 0 heterocycles. The monoisotopic (exact) mass is 395 g/mol. The second-order valence-corrected chi connectivity index (χ2v) is 5.65. The van der Waals surface area contributed by atoms with Gasteiger partial charge in [0.2, 0.25) is 0 Å². The summed E-state index contributed by atoms with van der Waals surface area (Å²) in [6.45, 7) is 0. The molecule has 0 fully saturated rings. The topological polar surface area (TPSA) is 55.5 Å². The SMILES string of the molecule is N[C@@H](c1ccc(OC(F)(F)F)cc1)c1c(Cl)ccc(Br)c1O. The molecule has 3 N–H and O–H groups in total. The first-order valence-corrected chi connectivity index (χ1v) is 7.14. The number of hydrogen-bond acceptors (Lipinski definition) is 3. The maximum Gasteiger partial charge on any atom is 0.573 e. The predicted molar refractivity (Wildman–Crippen MR) is 80.0 cm³/mol. The molecule has 1 atom stereocenters. The lowest BCUT2D eigenvalue weighted by Gasteiger charge is -2.17. The first-order valence-electron chi connectivity index (χ1n) is 5.97. The summed E-state index contributed by atoms with van der Waals surface area (Å²) >= 11 is 9.19. The number of halogens is 5. The van der Waals surface area contributed by atoms with Crippen molar-refractivity contribution in [3.63, 3.8) is 0 Å². The van der Waals surface area contributed by atoms with Gasteiger partial charge in [0.25, 0.3) is 0 Å². The Balaban J connectivity index is 2.31. The Morgan fingerprint density at radius 3 is 2.27 bits per heavy atom. The van der Waals surface area contributed by atoms with Crippen LogP contribution in [-0.4, -0.2) is 11.5 Å². The van der Waals surface area contributed by atoms with Gasteiger partial charge in [0, 0.05) is 10.6 Å². The van der Waals surface area contributed by atoms with E-state index in [1.807, 2.05) is 0 Å². The Labute approximate surface area is 137 Å². The minimum Gasteiger partial charge on any atom is -0.506 e. The van der Waals surface area contributed by atoms with Crippen LogP contribution in [0, 0.1) is 0 Å². The molecule has 118 valence electrons. The van der Waals surface area contributed by atoms with Gasteiger partial charge in [0.05, 0.1) is 10.5 Å². The second-order valence-electron chi connectivity index (χ2n) is 4.39. The van der Waals surface area contributed by atoms with Crippen LogP contribution in [-0.2, 0) is 0 Å². The van der Waals surface area contributed by atoms with Gasteiger partial charge >= 0.3 is 6.36 Å². The summed E-state index contributed by atoms with van der Waals surface area (Å²) in [5, 5.41) is 10.3. The van der Waals surface area contributed by atoms with Crippen LogP contribution in [0.15, 0.2) is 40.9 Å². The number of nitrogens with two attached hydrogens (primary N) is 1. The number of hydrogen-bond donors (Lipinski definition) is 2. The van der Waals surface area contributed by atoms with E-state index in [9.17, 15) is 18.3 Å². The van der Waals surface area contributed by atoms with Crippen molar-refractivity contribution in [2.75, 3.05) is 0 Å². The van der Waals surface area contributed by atoms with Gasteiger partial charge in [-0.15, -0.1) is 13.2 Å². The number of alkyl halides is 3. The van der Waals surface area contributed by atoms with Crippen molar-refractivity contribution in [2.45, 2.75) is 12.4 Å². The van der Waals surface area contributed by atoms with Crippen LogP contribution in [0.25, 0.3) is 0 Å². The normalized spacial score (nSPS) is 13.0. The Morgan fingerprint density at radius 1 is 1.14 bits per heavy atom. The highest BCUT2D eigenvalue weighted by molar-refractivity contribution is 9.10. The molecule has 22 heavy (non-hydrogen) atoms. The van der Waals surface area contributed by atoms with E-state index in [1.54, 1.807) is 12.1 Å². The van der Waals surface area contributed by atoms with Gasteiger partial charge in [-0.05, 0) is 45.8 Å². The van der Waals surface area contributed by atoms with E-state index in [4.69, 9.17) is 17.3 Å². The number of phenolic OH excluding ortho intramolecular Hbond substituents is 1. The minimum absolute atomic E-state index is 0.115. The van der Waals surface area contributed by atoms with Crippen molar-refractivity contribution < 1.29 is 23.0 Å². The molecule has 8 heteroatoms. The lowest BCUT2D eigenvalue weighted by atomic mass is 9.98. The van der Waals surface area contributed by atoms with Crippen LogP contribution in [0.3, 0.4) is 0 Å². The van der Waals surface area contributed by atoms with E-state index in [-0.39, 0.29) is 22.1 Å². The molecule has 0 unspecified atom stereocenters. The molecule has 0 bridgehead atoms. The average molecular weight is 397 g/mol. The van der Waals surface area contributed by atoms with Crippen LogP contribution < -0.4 is 10.5 Å². The summed E-state index contributed by atoms with van der Waals surface area (Å²) in [5.74, 6) is -0.469. The molecule has 2 aromatic rings. The molecule has 0 aromatic heterocycles. The van der Waals surface area contributed by atoms with E-state index in [0.29, 0.717) is 10.0 Å². The molecule has 0 aliphatic heterocycles. The quantitative estimate of drug-likeness (QED) is 0.787. The number of aromatic hydroxyl groups is 1. The Hall–Kier alpha value is -1.44. The standard InChI is InChI=1S/C14H10BrClF3NO2/c15-9-5-6-10(16)11(13(9)21)12(20)7-1-3-8(4-2-7)22-14(17,18)19/h1-6,12,21H,20H2/t12-/m0/s1. The van der Waals surface area contributed by atoms with Crippen LogP contribution in [0.4, 0.5) is 13.2 Å². The first-order chi connectivity index (χ1) is 10.2. The maximum absolute atomic E-state index is 12.1. The van der Waals surface area contributed by atoms with E-state index in [2.05, 4.69) is 20.7 Å². The van der Waals surface area contributed by atoms with Crippen molar-refractivity contribution in [3.8, 4) is 11.5 Å². The predicted octanol–water partition coefficient (Wildman–Crippen LogP) is 4.75. The van der Waals surface area contributed by atoms with Gasteiger partial charge in [0.15, 0.2) is 0 Å². The van der Waals surface area contributed by atoms with E-state index >= 15 is 0 Å². The van der Waals surface area contributed by atoms with Gasteiger partial charge in [-0.2, -0.15) is 0 Å². The highest BCUT2D eigenvalue weighted by Crippen LogP contribution is 2.39. The van der Waals surface area contributed by atoms with Crippen molar-refractivity contribution >= 4 is 27.5 Å². The molecule has 0 saturated heterocycles. The fourth-order valence-electron chi connectivity index (χ4n) is 1.90. The fourth-order valence-corrected chi connectivity index (χ4v) is 2.51. The zero-order valence-corrected chi connectivity index (χ0v) is 13.2. The highest BCUT2D eigenvalue weighted by atomic mass is 79.9. The molecule has 0 spiro atoms. The summed E-state index contributed by atoms with van der Waals surface area (Å²) in [4.78, 5) is 0. The van der Waals surface area contributed by atoms with Crippen molar-refractivity contribution in [2.24, 2.45) is 5.73 Å². The fraction of sp³-hybridized carbons (Fsp3) is 0.143. The van der Waals surface area contributed by atoms with E-state index < -0.39 is 12.4 Å². The summed E-state index contributed by atoms with van der Waals surface area (Å²) in [7, 11) is 0. The lowest BCUT2D eigenvalue weighted by Crippen LogP contribution is -2.17. The first kappa shape index (κ1) is 16.9. The summed E-state index contributed by atoms with van der Waals surface area (Å²) in [6.07, 6.45) is -4.75. The molecule has 0 radical (unpaired) electrons. The van der Waals surface area contributed by atoms with E-state index in [1.165, 1.54) is 12.1 Å². The van der Waals surface area contributed by atoms with Crippen LogP contribution in [0.5, 0.6) is 11.5 Å². The van der Waals surface area contributed by atoms with Gasteiger partial charge in [0.1, 0.15) is 11.5 Å². The molecule has 0 aliphatic carbocycles. The third kappa shape index (κ3) is 3.85. The van der Waals surface area contributed by atoms with Crippen LogP contribution >= 0.6 is 27.5 Å². The number of benzene rings is 2. The zero-order valence-electron chi connectivity index (χ0n) is 10.9. The Bertz CT molecular complexity index is 677. The lowest BCUT2D eigenvalue weighted by molar-refractivity contribution is -0.274.